The fourth-order valence-corrected chi connectivity index (χ4v) is 3.23. The van der Waals surface area contributed by atoms with Crippen LogP contribution in [0.25, 0.3) is 0 Å². The van der Waals surface area contributed by atoms with Crippen molar-refractivity contribution in [3.63, 3.8) is 0 Å². The third-order valence-electron chi connectivity index (χ3n) is 4.53. The number of rotatable bonds is 5. The highest BCUT2D eigenvalue weighted by Gasteiger charge is 2.31. The van der Waals surface area contributed by atoms with Crippen molar-refractivity contribution in [1.29, 1.82) is 0 Å². The van der Waals surface area contributed by atoms with E-state index in [1.165, 1.54) is 56.9 Å². The Balaban J connectivity index is 1.84. The van der Waals surface area contributed by atoms with Gasteiger partial charge < -0.3 is 5.73 Å². The first-order valence-electron chi connectivity index (χ1n) is 7.57. The first-order chi connectivity index (χ1) is 8.73. The summed E-state index contributed by atoms with van der Waals surface area (Å²) >= 11 is 0. The monoisotopic (exact) mass is 245 g/mol. The van der Waals surface area contributed by atoms with E-state index in [-0.39, 0.29) is 5.54 Å². The Morgan fingerprint density at radius 1 is 1.11 bits per heavy atom. The molecule has 0 unspecified atom stereocenters. The maximum atomic E-state index is 6.54. The zero-order valence-electron chi connectivity index (χ0n) is 11.7. The van der Waals surface area contributed by atoms with Crippen LogP contribution >= 0.6 is 0 Å². The summed E-state index contributed by atoms with van der Waals surface area (Å²) in [7, 11) is 0. The van der Waals surface area contributed by atoms with Crippen LogP contribution in [0.5, 0.6) is 0 Å². The van der Waals surface area contributed by atoms with E-state index in [1.54, 1.807) is 0 Å². The lowest BCUT2D eigenvalue weighted by Crippen LogP contribution is -2.42. The molecule has 2 rings (SSSR count). The van der Waals surface area contributed by atoms with E-state index in [0.29, 0.717) is 0 Å². The molecule has 2 N–H and O–H groups in total. The van der Waals surface area contributed by atoms with E-state index in [1.807, 2.05) is 0 Å². The first-order valence-corrected chi connectivity index (χ1v) is 7.57. The fourth-order valence-electron chi connectivity index (χ4n) is 3.23. The zero-order chi connectivity index (χ0) is 12.8. The summed E-state index contributed by atoms with van der Waals surface area (Å²) in [5.74, 6) is 0.744. The van der Waals surface area contributed by atoms with Crippen LogP contribution in [0.2, 0.25) is 0 Å². The minimum Gasteiger partial charge on any atom is -0.325 e. The summed E-state index contributed by atoms with van der Waals surface area (Å²) in [4.78, 5) is 0. The van der Waals surface area contributed by atoms with Crippen LogP contribution in [-0.4, -0.2) is 5.54 Å². The third kappa shape index (κ3) is 3.58. The summed E-state index contributed by atoms with van der Waals surface area (Å²) in [6.07, 6.45) is 10.1. The highest BCUT2D eigenvalue weighted by atomic mass is 14.7. The number of nitrogens with two attached hydrogens (primary N) is 1. The maximum Gasteiger partial charge on any atom is 0.0154 e. The number of unbranched alkanes of at least 4 members (excludes halogenated alkanes) is 2. The predicted molar refractivity (Wildman–Crippen MR) is 78.7 cm³/mol. The zero-order valence-corrected chi connectivity index (χ0v) is 11.7. The summed E-state index contributed by atoms with van der Waals surface area (Å²) in [5.41, 5.74) is 8.19. The van der Waals surface area contributed by atoms with E-state index < -0.39 is 0 Å². The first kappa shape index (κ1) is 13.6. The van der Waals surface area contributed by atoms with E-state index >= 15 is 0 Å². The molecule has 1 aromatic carbocycles. The molecule has 1 aliphatic rings. The number of hydrogen-bond acceptors (Lipinski definition) is 1. The van der Waals surface area contributed by atoms with Crippen molar-refractivity contribution in [3.8, 4) is 0 Å². The molecular formula is C17H27N. The van der Waals surface area contributed by atoms with Gasteiger partial charge in [-0.05, 0) is 43.6 Å². The van der Waals surface area contributed by atoms with Gasteiger partial charge in [0.15, 0.2) is 0 Å². The second-order valence-corrected chi connectivity index (χ2v) is 6.00. The van der Waals surface area contributed by atoms with Crippen molar-refractivity contribution in [2.45, 2.75) is 69.7 Å². The van der Waals surface area contributed by atoms with Gasteiger partial charge in [0.1, 0.15) is 0 Å². The summed E-state index contributed by atoms with van der Waals surface area (Å²) < 4.78 is 0. The standard InChI is InChI=1S/C17H27N/c1-2-3-7-12-17(18)13-10-16(11-14-17)15-8-5-4-6-9-15/h4-6,8-9,16H,2-3,7,10-14,18H2,1H3. The smallest absolute Gasteiger partial charge is 0.0154 e. The molecule has 0 spiro atoms. The summed E-state index contributed by atoms with van der Waals surface area (Å²) in [6.45, 7) is 2.26. The van der Waals surface area contributed by atoms with Gasteiger partial charge in [-0.2, -0.15) is 0 Å². The molecule has 1 saturated carbocycles. The molecule has 1 aliphatic carbocycles. The lowest BCUT2D eigenvalue weighted by molar-refractivity contribution is 0.250. The van der Waals surface area contributed by atoms with E-state index in [0.717, 1.165) is 5.92 Å². The Bertz CT molecular complexity index is 336. The van der Waals surface area contributed by atoms with Crippen LogP contribution in [0.3, 0.4) is 0 Å². The Kier molecular flexibility index (Phi) is 4.82. The van der Waals surface area contributed by atoms with Gasteiger partial charge in [-0.25, -0.2) is 0 Å². The molecule has 0 saturated heterocycles. The van der Waals surface area contributed by atoms with Crippen molar-refractivity contribution < 1.29 is 0 Å². The maximum absolute atomic E-state index is 6.54. The summed E-state index contributed by atoms with van der Waals surface area (Å²) in [5, 5.41) is 0. The van der Waals surface area contributed by atoms with Gasteiger partial charge in [-0.1, -0.05) is 56.5 Å². The molecule has 0 heterocycles. The average molecular weight is 245 g/mol. The van der Waals surface area contributed by atoms with Crippen LogP contribution in [0, 0.1) is 0 Å². The largest absolute Gasteiger partial charge is 0.325 e. The van der Waals surface area contributed by atoms with Crippen molar-refractivity contribution in [1.82, 2.24) is 0 Å². The molecule has 0 aliphatic heterocycles. The van der Waals surface area contributed by atoms with Crippen LogP contribution < -0.4 is 5.73 Å². The van der Waals surface area contributed by atoms with Crippen LogP contribution in [0.1, 0.15) is 69.8 Å². The van der Waals surface area contributed by atoms with Gasteiger partial charge >= 0.3 is 0 Å². The lowest BCUT2D eigenvalue weighted by atomic mass is 9.72. The minimum atomic E-state index is 0.139. The van der Waals surface area contributed by atoms with Crippen LogP contribution in [-0.2, 0) is 0 Å². The second kappa shape index (κ2) is 6.38. The molecular weight excluding hydrogens is 218 g/mol. The number of benzene rings is 1. The normalized spacial score (nSPS) is 28.2. The molecule has 0 amide bonds. The van der Waals surface area contributed by atoms with Gasteiger partial charge in [0, 0.05) is 5.54 Å². The average Bonchev–Trinajstić information content (AvgIpc) is 2.41. The van der Waals surface area contributed by atoms with E-state index in [4.69, 9.17) is 5.73 Å². The predicted octanol–water partition coefficient (Wildman–Crippen LogP) is 4.62. The van der Waals surface area contributed by atoms with Crippen molar-refractivity contribution in [2.75, 3.05) is 0 Å². The van der Waals surface area contributed by atoms with Gasteiger partial charge in [-0.15, -0.1) is 0 Å². The topological polar surface area (TPSA) is 26.0 Å². The van der Waals surface area contributed by atoms with Gasteiger partial charge in [0.25, 0.3) is 0 Å². The summed E-state index contributed by atoms with van der Waals surface area (Å²) in [6, 6.07) is 10.9. The van der Waals surface area contributed by atoms with Crippen LogP contribution in [0.15, 0.2) is 30.3 Å². The Labute approximate surface area is 112 Å². The third-order valence-corrected chi connectivity index (χ3v) is 4.53. The molecule has 1 aromatic rings. The van der Waals surface area contributed by atoms with Gasteiger partial charge in [-0.3, -0.25) is 0 Å². The van der Waals surface area contributed by atoms with Gasteiger partial charge in [0.05, 0.1) is 0 Å². The Morgan fingerprint density at radius 2 is 1.78 bits per heavy atom. The van der Waals surface area contributed by atoms with Crippen molar-refractivity contribution in [3.05, 3.63) is 35.9 Å². The van der Waals surface area contributed by atoms with Crippen molar-refractivity contribution >= 4 is 0 Å². The molecule has 0 aromatic heterocycles. The van der Waals surface area contributed by atoms with Crippen molar-refractivity contribution in [2.24, 2.45) is 5.73 Å². The Morgan fingerprint density at radius 3 is 2.39 bits per heavy atom. The molecule has 18 heavy (non-hydrogen) atoms. The molecule has 100 valence electrons. The minimum absolute atomic E-state index is 0.139. The lowest BCUT2D eigenvalue weighted by Gasteiger charge is -2.37. The van der Waals surface area contributed by atoms with Crippen LogP contribution in [0.4, 0.5) is 0 Å². The Hall–Kier alpha value is -0.820. The van der Waals surface area contributed by atoms with Gasteiger partial charge in [0.2, 0.25) is 0 Å². The number of hydrogen-bond donors (Lipinski definition) is 1. The fraction of sp³-hybridized carbons (Fsp3) is 0.647. The highest BCUT2D eigenvalue weighted by molar-refractivity contribution is 5.20. The second-order valence-electron chi connectivity index (χ2n) is 6.00. The SMILES string of the molecule is CCCCCC1(N)CCC(c2ccccc2)CC1. The molecule has 0 radical (unpaired) electrons. The van der Waals surface area contributed by atoms with E-state index in [9.17, 15) is 0 Å². The molecule has 1 nitrogen and oxygen atoms in total. The quantitative estimate of drug-likeness (QED) is 0.752. The molecule has 1 heteroatoms. The molecule has 0 bridgehead atoms. The molecule has 1 fully saturated rings. The highest BCUT2D eigenvalue weighted by Crippen LogP contribution is 2.38. The molecule has 0 atom stereocenters. The van der Waals surface area contributed by atoms with E-state index in [2.05, 4.69) is 37.3 Å².